The minimum atomic E-state index is 0. The van der Waals surface area contributed by atoms with Gasteiger partial charge in [-0.25, -0.2) is 4.98 Å². The van der Waals surface area contributed by atoms with Gasteiger partial charge >= 0.3 is 0 Å². The van der Waals surface area contributed by atoms with Crippen LogP contribution in [-0.4, -0.2) is 48.6 Å². The summed E-state index contributed by atoms with van der Waals surface area (Å²) in [6.45, 7) is 12.3. The molecule has 2 aromatic carbocycles. The number of ether oxygens (including phenoxy) is 1. The monoisotopic (exact) mass is 461 g/mol. The summed E-state index contributed by atoms with van der Waals surface area (Å²) in [6.07, 6.45) is 0.369. The van der Waals surface area contributed by atoms with Crippen molar-refractivity contribution < 1.29 is 9.53 Å². The summed E-state index contributed by atoms with van der Waals surface area (Å²) in [5, 5.41) is 0.738. The van der Waals surface area contributed by atoms with Crippen molar-refractivity contribution >= 4 is 45.0 Å². The van der Waals surface area contributed by atoms with Crippen molar-refractivity contribution in [3.63, 3.8) is 0 Å². The van der Waals surface area contributed by atoms with Crippen LogP contribution in [0.3, 0.4) is 0 Å². The number of halogens is 1. The van der Waals surface area contributed by atoms with Crippen LogP contribution < -0.4 is 9.64 Å². The molecular formula is C24H32ClN3O2S. The van der Waals surface area contributed by atoms with Crippen LogP contribution in [0.5, 0.6) is 5.75 Å². The standard InChI is InChI=1S/C24H31N3O2S.ClH/c1-5-26(6-2)14-15-27(22(28)17-19-11-8-10-18(4)16-19)24-25-23-20(29-7-3)12-9-13-21(23)30-24;/h8-13,16H,5-7,14-15,17H2,1-4H3;1H. The van der Waals surface area contributed by atoms with E-state index in [0.29, 0.717) is 19.6 Å². The summed E-state index contributed by atoms with van der Waals surface area (Å²) in [5.41, 5.74) is 3.02. The van der Waals surface area contributed by atoms with Crippen molar-refractivity contribution in [2.45, 2.75) is 34.1 Å². The molecule has 0 unspecified atom stereocenters. The summed E-state index contributed by atoms with van der Waals surface area (Å²) >= 11 is 1.55. The largest absolute Gasteiger partial charge is 0.492 e. The van der Waals surface area contributed by atoms with Gasteiger partial charge in [0.1, 0.15) is 11.3 Å². The van der Waals surface area contributed by atoms with E-state index >= 15 is 0 Å². The molecule has 0 aliphatic rings. The zero-order valence-electron chi connectivity index (χ0n) is 18.8. The van der Waals surface area contributed by atoms with Crippen molar-refractivity contribution in [3.05, 3.63) is 53.6 Å². The van der Waals surface area contributed by atoms with Crippen LogP contribution in [0.25, 0.3) is 10.2 Å². The maximum absolute atomic E-state index is 13.3. The number of carbonyl (C=O) groups is 1. The molecule has 1 heterocycles. The predicted octanol–water partition coefficient (Wildman–Crippen LogP) is 5.34. The first-order chi connectivity index (χ1) is 14.5. The van der Waals surface area contributed by atoms with Crippen molar-refractivity contribution in [3.8, 4) is 5.75 Å². The van der Waals surface area contributed by atoms with Gasteiger partial charge in [0.25, 0.3) is 0 Å². The lowest BCUT2D eigenvalue weighted by atomic mass is 10.1. The highest BCUT2D eigenvalue weighted by atomic mass is 35.5. The van der Waals surface area contributed by atoms with E-state index in [-0.39, 0.29) is 18.3 Å². The smallest absolute Gasteiger partial charge is 0.233 e. The molecule has 3 aromatic rings. The van der Waals surface area contributed by atoms with Crippen molar-refractivity contribution in [2.75, 3.05) is 37.7 Å². The van der Waals surface area contributed by atoms with E-state index in [1.54, 1.807) is 11.3 Å². The van der Waals surface area contributed by atoms with Gasteiger partial charge in [-0.15, -0.1) is 12.4 Å². The molecule has 0 bridgehead atoms. The van der Waals surface area contributed by atoms with Crippen LogP contribution in [0, 0.1) is 6.92 Å². The molecule has 0 radical (unpaired) electrons. The maximum Gasteiger partial charge on any atom is 0.233 e. The van der Waals surface area contributed by atoms with E-state index in [4.69, 9.17) is 9.72 Å². The second-order valence-corrected chi connectivity index (χ2v) is 8.28. The summed E-state index contributed by atoms with van der Waals surface area (Å²) in [5.74, 6) is 0.845. The van der Waals surface area contributed by atoms with E-state index in [2.05, 4.69) is 37.8 Å². The molecule has 0 aliphatic carbocycles. The Labute approximate surface area is 195 Å². The van der Waals surface area contributed by atoms with E-state index in [1.807, 2.05) is 42.2 Å². The fraction of sp³-hybridized carbons (Fsp3) is 0.417. The number of anilines is 1. The first-order valence-corrected chi connectivity index (χ1v) is 11.5. The Morgan fingerprint density at radius 3 is 2.48 bits per heavy atom. The number of hydrogen-bond donors (Lipinski definition) is 0. The predicted molar refractivity (Wildman–Crippen MR) is 133 cm³/mol. The lowest BCUT2D eigenvalue weighted by Gasteiger charge is -2.24. The van der Waals surface area contributed by atoms with Crippen molar-refractivity contribution in [2.24, 2.45) is 0 Å². The van der Waals surface area contributed by atoms with Gasteiger partial charge in [0.2, 0.25) is 5.91 Å². The number of para-hydroxylation sites is 1. The molecule has 0 saturated carbocycles. The van der Waals surface area contributed by atoms with Crippen LogP contribution in [0.15, 0.2) is 42.5 Å². The van der Waals surface area contributed by atoms with Crippen molar-refractivity contribution in [1.82, 2.24) is 9.88 Å². The van der Waals surface area contributed by atoms with Gasteiger partial charge in [-0.3, -0.25) is 9.69 Å². The minimum Gasteiger partial charge on any atom is -0.492 e. The van der Waals surface area contributed by atoms with Crippen LogP contribution in [-0.2, 0) is 11.2 Å². The normalized spacial score (nSPS) is 10.9. The Kier molecular flexibility index (Phi) is 9.75. The van der Waals surface area contributed by atoms with Gasteiger partial charge in [0.05, 0.1) is 17.7 Å². The topological polar surface area (TPSA) is 45.7 Å². The summed E-state index contributed by atoms with van der Waals surface area (Å²) < 4.78 is 6.78. The molecule has 1 amide bonds. The highest BCUT2D eigenvalue weighted by Crippen LogP contribution is 2.34. The van der Waals surface area contributed by atoms with Gasteiger partial charge in [-0.1, -0.05) is 61.1 Å². The van der Waals surface area contributed by atoms with Crippen LogP contribution in [0.2, 0.25) is 0 Å². The van der Waals surface area contributed by atoms with Gasteiger partial charge in [0, 0.05) is 13.1 Å². The molecule has 168 valence electrons. The highest BCUT2D eigenvalue weighted by Gasteiger charge is 2.22. The zero-order valence-corrected chi connectivity index (χ0v) is 20.4. The third-order valence-electron chi connectivity index (χ3n) is 5.17. The highest BCUT2D eigenvalue weighted by molar-refractivity contribution is 7.22. The lowest BCUT2D eigenvalue weighted by molar-refractivity contribution is -0.118. The first-order valence-electron chi connectivity index (χ1n) is 10.7. The molecule has 5 nitrogen and oxygen atoms in total. The minimum absolute atomic E-state index is 0. The SMILES string of the molecule is CCOc1cccc2sc(N(CCN(CC)CC)C(=O)Cc3cccc(C)c3)nc12.Cl. The summed E-state index contributed by atoms with van der Waals surface area (Å²) in [6, 6.07) is 14.1. The number of aromatic nitrogens is 1. The van der Waals surface area contributed by atoms with Crippen molar-refractivity contribution in [1.29, 1.82) is 0 Å². The summed E-state index contributed by atoms with van der Waals surface area (Å²) in [7, 11) is 0. The number of aryl methyl sites for hydroxylation is 1. The molecule has 0 fully saturated rings. The van der Waals surface area contributed by atoms with Crippen LogP contribution in [0.1, 0.15) is 31.9 Å². The second kappa shape index (κ2) is 12.0. The first kappa shape index (κ1) is 25.1. The molecule has 7 heteroatoms. The van der Waals surface area contributed by atoms with E-state index in [1.165, 1.54) is 0 Å². The molecule has 3 rings (SSSR count). The Hall–Kier alpha value is -2.15. The second-order valence-electron chi connectivity index (χ2n) is 7.27. The molecule has 0 saturated heterocycles. The lowest BCUT2D eigenvalue weighted by Crippen LogP contribution is -2.39. The van der Waals surface area contributed by atoms with E-state index in [9.17, 15) is 4.79 Å². The third-order valence-corrected chi connectivity index (χ3v) is 6.22. The maximum atomic E-state index is 13.3. The molecule has 0 N–H and O–H groups in total. The van der Waals surface area contributed by atoms with Gasteiger partial charge in [0.15, 0.2) is 5.13 Å². The average molecular weight is 462 g/mol. The quantitative estimate of drug-likeness (QED) is 0.408. The number of thiazole rings is 1. The zero-order chi connectivity index (χ0) is 21.5. The molecule has 0 spiro atoms. The summed E-state index contributed by atoms with van der Waals surface area (Å²) in [4.78, 5) is 22.3. The molecule has 1 aromatic heterocycles. The van der Waals surface area contributed by atoms with E-state index < -0.39 is 0 Å². The Morgan fingerprint density at radius 1 is 1.06 bits per heavy atom. The van der Waals surface area contributed by atoms with Gasteiger partial charge in [-0.05, 0) is 44.6 Å². The number of likely N-dealkylation sites (N-methyl/N-ethyl adjacent to an activating group) is 1. The number of carbonyl (C=O) groups excluding carboxylic acids is 1. The molecule has 0 atom stereocenters. The third kappa shape index (κ3) is 6.42. The molecule has 0 aliphatic heterocycles. The number of benzene rings is 2. The fourth-order valence-corrected chi connectivity index (χ4v) is 4.53. The number of amides is 1. The van der Waals surface area contributed by atoms with Gasteiger partial charge in [-0.2, -0.15) is 0 Å². The van der Waals surface area contributed by atoms with Crippen LogP contribution in [0.4, 0.5) is 5.13 Å². The fourth-order valence-electron chi connectivity index (χ4n) is 3.50. The molecular weight excluding hydrogens is 430 g/mol. The van der Waals surface area contributed by atoms with Crippen LogP contribution >= 0.6 is 23.7 Å². The Balaban J connectivity index is 0.00000341. The van der Waals surface area contributed by atoms with E-state index in [0.717, 1.165) is 51.9 Å². The average Bonchev–Trinajstić information content (AvgIpc) is 3.16. The number of nitrogens with zero attached hydrogens (tertiary/aromatic N) is 3. The number of fused-ring (bicyclic) bond motifs is 1. The van der Waals surface area contributed by atoms with Gasteiger partial charge < -0.3 is 9.64 Å². The Morgan fingerprint density at radius 2 is 1.81 bits per heavy atom. The number of hydrogen-bond acceptors (Lipinski definition) is 5. The Bertz CT molecular complexity index is 988. The molecule has 31 heavy (non-hydrogen) atoms. The number of rotatable bonds is 10.